The first-order valence-electron chi connectivity index (χ1n) is 4.04. The van der Waals surface area contributed by atoms with Crippen LogP contribution in [0.4, 0.5) is 8.78 Å². The second kappa shape index (κ2) is 4.66. The Hall–Kier alpha value is -0.740. The zero-order chi connectivity index (χ0) is 10.7. The van der Waals surface area contributed by atoms with Crippen LogP contribution in [0.3, 0.4) is 0 Å². The third-order valence-corrected chi connectivity index (χ3v) is 2.15. The number of aromatic nitrogens is 1. The summed E-state index contributed by atoms with van der Waals surface area (Å²) in [4.78, 5) is 3.98. The molecule has 0 bridgehead atoms. The van der Waals surface area contributed by atoms with E-state index < -0.39 is 13.0 Å². The van der Waals surface area contributed by atoms with Gasteiger partial charge in [-0.1, -0.05) is 0 Å². The molecule has 1 aromatic rings. The summed E-state index contributed by atoms with van der Waals surface area (Å²) in [6, 6.07) is 1.27. The molecule has 2 nitrogen and oxygen atoms in total. The van der Waals surface area contributed by atoms with Gasteiger partial charge in [0.15, 0.2) is 0 Å². The van der Waals surface area contributed by atoms with E-state index in [1.807, 2.05) is 0 Å². The Labute approximate surface area is 85.5 Å². The number of nitrogens with zero attached hydrogens (tertiary/aromatic N) is 1. The van der Waals surface area contributed by atoms with E-state index in [9.17, 15) is 8.78 Å². The van der Waals surface area contributed by atoms with Gasteiger partial charge in [0.25, 0.3) is 6.43 Å². The molecule has 0 radical (unpaired) electrons. The SMILES string of the molecule is Cc1cc(C(F)F)c(CO)c(CCl)n1. The van der Waals surface area contributed by atoms with E-state index in [0.29, 0.717) is 11.4 Å². The van der Waals surface area contributed by atoms with Crippen molar-refractivity contribution in [2.75, 3.05) is 0 Å². The van der Waals surface area contributed by atoms with Gasteiger partial charge in [0, 0.05) is 16.8 Å². The molecule has 0 aliphatic heterocycles. The molecule has 5 heteroatoms. The zero-order valence-corrected chi connectivity index (χ0v) is 8.35. The molecular formula is C9H10ClF2NO. The van der Waals surface area contributed by atoms with E-state index in [4.69, 9.17) is 16.7 Å². The predicted molar refractivity (Wildman–Crippen MR) is 49.4 cm³/mol. The number of rotatable bonds is 3. The van der Waals surface area contributed by atoms with Crippen LogP contribution in [0.2, 0.25) is 0 Å². The zero-order valence-electron chi connectivity index (χ0n) is 7.60. The van der Waals surface area contributed by atoms with Crippen LogP contribution >= 0.6 is 11.6 Å². The molecule has 0 fully saturated rings. The van der Waals surface area contributed by atoms with Crippen LogP contribution in [0.25, 0.3) is 0 Å². The number of aryl methyl sites for hydroxylation is 1. The molecule has 0 saturated heterocycles. The Bertz CT molecular complexity index is 331. The lowest BCUT2D eigenvalue weighted by Gasteiger charge is -2.11. The molecule has 0 atom stereocenters. The molecule has 0 amide bonds. The molecule has 0 saturated carbocycles. The van der Waals surface area contributed by atoms with Crippen molar-refractivity contribution in [2.24, 2.45) is 0 Å². The fraction of sp³-hybridized carbons (Fsp3) is 0.444. The van der Waals surface area contributed by atoms with Crippen molar-refractivity contribution in [1.82, 2.24) is 4.98 Å². The maximum atomic E-state index is 12.5. The summed E-state index contributed by atoms with van der Waals surface area (Å²) < 4.78 is 25.1. The van der Waals surface area contributed by atoms with Gasteiger partial charge < -0.3 is 5.11 Å². The monoisotopic (exact) mass is 221 g/mol. The van der Waals surface area contributed by atoms with Crippen LogP contribution < -0.4 is 0 Å². The fourth-order valence-corrected chi connectivity index (χ4v) is 1.50. The van der Waals surface area contributed by atoms with Crippen LogP contribution in [0.15, 0.2) is 6.07 Å². The minimum atomic E-state index is -2.61. The molecule has 0 aliphatic carbocycles. The molecule has 14 heavy (non-hydrogen) atoms. The van der Waals surface area contributed by atoms with Crippen molar-refractivity contribution >= 4 is 11.6 Å². The van der Waals surface area contributed by atoms with Gasteiger partial charge in [-0.05, 0) is 13.0 Å². The number of hydrogen-bond acceptors (Lipinski definition) is 2. The Balaban J connectivity index is 3.31. The van der Waals surface area contributed by atoms with Gasteiger partial charge in [-0.3, -0.25) is 4.98 Å². The second-order valence-corrected chi connectivity index (χ2v) is 3.14. The fourth-order valence-electron chi connectivity index (χ4n) is 1.28. The molecule has 1 rings (SSSR count). The molecule has 0 unspecified atom stereocenters. The van der Waals surface area contributed by atoms with E-state index in [0.717, 1.165) is 0 Å². The first kappa shape index (κ1) is 11.3. The van der Waals surface area contributed by atoms with Crippen LogP contribution in [-0.4, -0.2) is 10.1 Å². The molecular weight excluding hydrogens is 212 g/mol. The van der Waals surface area contributed by atoms with Gasteiger partial charge >= 0.3 is 0 Å². The molecule has 0 aromatic carbocycles. The lowest BCUT2D eigenvalue weighted by atomic mass is 10.1. The number of hydrogen-bond donors (Lipinski definition) is 1. The van der Waals surface area contributed by atoms with E-state index in [2.05, 4.69) is 4.98 Å². The summed E-state index contributed by atoms with van der Waals surface area (Å²) >= 11 is 5.54. The minimum Gasteiger partial charge on any atom is -0.392 e. The average Bonchev–Trinajstić information content (AvgIpc) is 2.16. The van der Waals surface area contributed by atoms with Gasteiger partial charge in [-0.15, -0.1) is 11.6 Å². The van der Waals surface area contributed by atoms with Crippen molar-refractivity contribution in [3.05, 3.63) is 28.6 Å². The maximum Gasteiger partial charge on any atom is 0.264 e. The Morgan fingerprint density at radius 3 is 2.64 bits per heavy atom. The third kappa shape index (κ3) is 2.19. The highest BCUT2D eigenvalue weighted by Crippen LogP contribution is 2.26. The highest BCUT2D eigenvalue weighted by Gasteiger charge is 2.17. The predicted octanol–water partition coefficient (Wildman–Crippen LogP) is 2.56. The summed E-state index contributed by atoms with van der Waals surface area (Å²) in [6.07, 6.45) is -2.61. The Morgan fingerprint density at radius 1 is 1.57 bits per heavy atom. The van der Waals surface area contributed by atoms with Crippen LogP contribution in [0.5, 0.6) is 0 Å². The van der Waals surface area contributed by atoms with Gasteiger partial charge in [0.05, 0.1) is 18.2 Å². The van der Waals surface area contributed by atoms with Crippen LogP contribution in [0.1, 0.15) is 28.9 Å². The van der Waals surface area contributed by atoms with Crippen molar-refractivity contribution in [3.63, 3.8) is 0 Å². The van der Waals surface area contributed by atoms with Crippen molar-refractivity contribution < 1.29 is 13.9 Å². The lowest BCUT2D eigenvalue weighted by Crippen LogP contribution is -2.04. The van der Waals surface area contributed by atoms with E-state index in [-0.39, 0.29) is 17.0 Å². The highest BCUT2D eigenvalue weighted by atomic mass is 35.5. The summed E-state index contributed by atoms with van der Waals surface area (Å²) in [6.45, 7) is 1.15. The van der Waals surface area contributed by atoms with Crippen molar-refractivity contribution in [3.8, 4) is 0 Å². The number of pyridine rings is 1. The van der Waals surface area contributed by atoms with Crippen molar-refractivity contribution in [2.45, 2.75) is 25.8 Å². The smallest absolute Gasteiger partial charge is 0.264 e. The van der Waals surface area contributed by atoms with Crippen LogP contribution in [0, 0.1) is 6.92 Å². The molecule has 78 valence electrons. The quantitative estimate of drug-likeness (QED) is 0.796. The number of aliphatic hydroxyl groups excluding tert-OH is 1. The normalized spacial score (nSPS) is 11.0. The second-order valence-electron chi connectivity index (χ2n) is 2.87. The molecule has 0 aliphatic rings. The third-order valence-electron chi connectivity index (χ3n) is 1.89. The van der Waals surface area contributed by atoms with Crippen molar-refractivity contribution in [1.29, 1.82) is 0 Å². The summed E-state index contributed by atoms with van der Waals surface area (Å²) in [5.41, 5.74) is 0.758. The van der Waals surface area contributed by atoms with Gasteiger partial charge in [-0.2, -0.15) is 0 Å². The molecule has 1 N–H and O–H groups in total. The molecule has 1 heterocycles. The topological polar surface area (TPSA) is 33.1 Å². The van der Waals surface area contributed by atoms with Gasteiger partial charge in [0.2, 0.25) is 0 Å². The van der Waals surface area contributed by atoms with E-state index >= 15 is 0 Å². The van der Waals surface area contributed by atoms with E-state index in [1.54, 1.807) is 6.92 Å². The minimum absolute atomic E-state index is 0.0251. The largest absolute Gasteiger partial charge is 0.392 e. The van der Waals surface area contributed by atoms with Gasteiger partial charge in [-0.25, -0.2) is 8.78 Å². The summed E-state index contributed by atoms with van der Waals surface area (Å²) in [7, 11) is 0. The number of alkyl halides is 3. The summed E-state index contributed by atoms with van der Waals surface area (Å²) in [5.74, 6) is 0.0251. The lowest BCUT2D eigenvalue weighted by molar-refractivity contribution is 0.146. The van der Waals surface area contributed by atoms with E-state index in [1.165, 1.54) is 6.07 Å². The standard InChI is InChI=1S/C9H10ClF2NO/c1-5-2-6(9(11)12)7(4-14)8(3-10)13-5/h2,9,14H,3-4H2,1H3. The first-order valence-corrected chi connectivity index (χ1v) is 4.57. The highest BCUT2D eigenvalue weighted by molar-refractivity contribution is 6.17. The Morgan fingerprint density at radius 2 is 2.21 bits per heavy atom. The first-order chi connectivity index (χ1) is 6.60. The maximum absolute atomic E-state index is 12.5. The molecule has 0 spiro atoms. The van der Waals surface area contributed by atoms with Crippen LogP contribution in [-0.2, 0) is 12.5 Å². The summed E-state index contributed by atoms with van der Waals surface area (Å²) in [5, 5.41) is 8.94. The average molecular weight is 222 g/mol. The molecule has 1 aromatic heterocycles. The van der Waals surface area contributed by atoms with Gasteiger partial charge in [0.1, 0.15) is 0 Å². The Kier molecular flexibility index (Phi) is 3.77. The number of aliphatic hydroxyl groups is 1. The number of halogens is 3.